The van der Waals surface area contributed by atoms with Crippen molar-refractivity contribution in [3.05, 3.63) is 29.8 Å². The fraction of sp³-hybridized carbons (Fsp3) is 0.417. The van der Waals surface area contributed by atoms with Gasteiger partial charge in [0.2, 0.25) is 5.96 Å². The molecule has 5 heteroatoms. The smallest absolute Gasteiger partial charge is 0.210 e. The predicted molar refractivity (Wildman–Crippen MR) is 70.7 cm³/mol. The maximum Gasteiger partial charge on any atom is 0.210 e. The van der Waals surface area contributed by atoms with Gasteiger partial charge < -0.3 is 10.1 Å². The predicted octanol–water partition coefficient (Wildman–Crippen LogP) is 1.47. The first-order valence-corrected chi connectivity index (χ1v) is 5.66. The topological polar surface area (TPSA) is 71.7 Å². The number of rotatable bonds is 5. The standard InChI is InChI=1S/C12H20N4O/c1-3-8-14-12(16-13)15-11-6-4-10(5-7-11)9-17-2/h4-7H,3,8-9,13H2,1-2H3,(H2,14,15,16). The van der Waals surface area contributed by atoms with Gasteiger partial charge in [0.05, 0.1) is 6.61 Å². The number of nitrogens with one attached hydrogen (secondary N) is 2. The van der Waals surface area contributed by atoms with E-state index in [4.69, 9.17) is 10.6 Å². The van der Waals surface area contributed by atoms with Gasteiger partial charge in [0.25, 0.3) is 0 Å². The molecule has 0 fully saturated rings. The number of hydrazine groups is 1. The molecule has 17 heavy (non-hydrogen) atoms. The maximum atomic E-state index is 5.38. The molecule has 0 unspecified atom stereocenters. The van der Waals surface area contributed by atoms with E-state index in [2.05, 4.69) is 22.7 Å². The zero-order valence-electron chi connectivity index (χ0n) is 10.4. The molecular weight excluding hydrogens is 216 g/mol. The Labute approximate surface area is 102 Å². The van der Waals surface area contributed by atoms with Gasteiger partial charge in [-0.2, -0.15) is 0 Å². The Kier molecular flexibility index (Phi) is 6.06. The third-order valence-electron chi connectivity index (χ3n) is 2.16. The van der Waals surface area contributed by atoms with Gasteiger partial charge in [0.1, 0.15) is 0 Å². The van der Waals surface area contributed by atoms with Gasteiger partial charge in [-0.05, 0) is 24.1 Å². The van der Waals surface area contributed by atoms with Crippen LogP contribution in [0.4, 0.5) is 5.69 Å². The molecule has 0 aliphatic carbocycles. The molecule has 1 rings (SSSR count). The second-order valence-electron chi connectivity index (χ2n) is 3.63. The van der Waals surface area contributed by atoms with E-state index in [0.717, 1.165) is 24.2 Å². The molecule has 0 saturated heterocycles. The van der Waals surface area contributed by atoms with E-state index in [1.807, 2.05) is 24.3 Å². The summed E-state index contributed by atoms with van der Waals surface area (Å²) in [5, 5.41) is 3.11. The van der Waals surface area contributed by atoms with E-state index in [1.165, 1.54) is 0 Å². The second kappa shape index (κ2) is 7.65. The van der Waals surface area contributed by atoms with Crippen LogP contribution in [0.3, 0.4) is 0 Å². The monoisotopic (exact) mass is 236 g/mol. The van der Waals surface area contributed by atoms with Crippen LogP contribution in [0.1, 0.15) is 18.9 Å². The van der Waals surface area contributed by atoms with Crippen LogP contribution in [-0.4, -0.2) is 19.6 Å². The van der Waals surface area contributed by atoms with Crippen molar-refractivity contribution in [3.8, 4) is 0 Å². The number of hydrogen-bond acceptors (Lipinski definition) is 3. The lowest BCUT2D eigenvalue weighted by molar-refractivity contribution is 0.185. The molecule has 0 aromatic heterocycles. The molecule has 4 N–H and O–H groups in total. The van der Waals surface area contributed by atoms with Crippen LogP contribution in [0.15, 0.2) is 29.3 Å². The highest BCUT2D eigenvalue weighted by Gasteiger charge is 1.98. The molecule has 1 aromatic carbocycles. The minimum Gasteiger partial charge on any atom is -0.380 e. The SMILES string of the molecule is CCCN=C(NN)Nc1ccc(COC)cc1. The van der Waals surface area contributed by atoms with Crippen molar-refractivity contribution < 1.29 is 4.74 Å². The Morgan fingerprint density at radius 2 is 2.06 bits per heavy atom. The lowest BCUT2D eigenvalue weighted by Gasteiger charge is -2.09. The Bertz CT molecular complexity index is 348. The molecule has 1 aromatic rings. The largest absolute Gasteiger partial charge is 0.380 e. The van der Waals surface area contributed by atoms with Crippen molar-refractivity contribution in [1.29, 1.82) is 0 Å². The van der Waals surface area contributed by atoms with Crippen LogP contribution in [-0.2, 0) is 11.3 Å². The summed E-state index contributed by atoms with van der Waals surface area (Å²) < 4.78 is 5.05. The molecule has 0 bridgehead atoms. The molecule has 5 nitrogen and oxygen atoms in total. The van der Waals surface area contributed by atoms with E-state index in [-0.39, 0.29) is 0 Å². The number of anilines is 1. The van der Waals surface area contributed by atoms with Gasteiger partial charge in [-0.15, -0.1) is 0 Å². The highest BCUT2D eigenvalue weighted by Crippen LogP contribution is 2.09. The number of nitrogens with two attached hydrogens (primary N) is 1. The zero-order valence-corrected chi connectivity index (χ0v) is 10.4. The maximum absolute atomic E-state index is 5.38. The molecule has 0 aliphatic rings. The van der Waals surface area contributed by atoms with E-state index in [0.29, 0.717) is 12.6 Å². The molecular formula is C12H20N4O. The molecule has 0 saturated carbocycles. The fourth-order valence-corrected chi connectivity index (χ4v) is 1.33. The number of benzene rings is 1. The van der Waals surface area contributed by atoms with Crippen LogP contribution in [0.2, 0.25) is 0 Å². The number of methoxy groups -OCH3 is 1. The van der Waals surface area contributed by atoms with Crippen molar-refractivity contribution in [1.82, 2.24) is 5.43 Å². The first kappa shape index (κ1) is 13.5. The summed E-state index contributed by atoms with van der Waals surface area (Å²) in [5.74, 6) is 5.95. The van der Waals surface area contributed by atoms with Gasteiger partial charge in [0, 0.05) is 19.3 Å². The molecule has 94 valence electrons. The van der Waals surface area contributed by atoms with E-state index in [1.54, 1.807) is 7.11 Å². The van der Waals surface area contributed by atoms with Crippen LogP contribution >= 0.6 is 0 Å². The number of aliphatic imine (C=N–C) groups is 1. The van der Waals surface area contributed by atoms with Crippen molar-refractivity contribution in [2.75, 3.05) is 19.0 Å². The summed E-state index contributed by atoms with van der Waals surface area (Å²) >= 11 is 0. The lowest BCUT2D eigenvalue weighted by atomic mass is 10.2. The van der Waals surface area contributed by atoms with Crippen molar-refractivity contribution in [3.63, 3.8) is 0 Å². The first-order chi connectivity index (χ1) is 8.30. The Morgan fingerprint density at radius 3 is 2.59 bits per heavy atom. The van der Waals surface area contributed by atoms with E-state index < -0.39 is 0 Å². The average molecular weight is 236 g/mol. The minimum absolute atomic E-state index is 0.575. The highest BCUT2D eigenvalue weighted by atomic mass is 16.5. The quantitative estimate of drug-likeness (QED) is 0.313. The summed E-state index contributed by atoms with van der Waals surface area (Å²) in [6.45, 7) is 3.43. The number of hydrogen-bond donors (Lipinski definition) is 3. The van der Waals surface area contributed by atoms with E-state index >= 15 is 0 Å². The molecule has 0 atom stereocenters. The van der Waals surface area contributed by atoms with Crippen molar-refractivity contribution in [2.45, 2.75) is 20.0 Å². The summed E-state index contributed by atoms with van der Waals surface area (Å²) in [6, 6.07) is 7.93. The molecule has 0 radical (unpaired) electrons. The van der Waals surface area contributed by atoms with Gasteiger partial charge in [-0.1, -0.05) is 19.1 Å². The summed E-state index contributed by atoms with van der Waals surface area (Å²) in [7, 11) is 1.68. The summed E-state index contributed by atoms with van der Waals surface area (Å²) in [5.41, 5.74) is 4.61. The minimum atomic E-state index is 0.575. The highest BCUT2D eigenvalue weighted by molar-refractivity contribution is 5.93. The number of guanidine groups is 1. The lowest BCUT2D eigenvalue weighted by Crippen LogP contribution is -2.36. The fourth-order valence-electron chi connectivity index (χ4n) is 1.33. The van der Waals surface area contributed by atoms with Crippen molar-refractivity contribution in [2.24, 2.45) is 10.8 Å². The number of nitrogens with zero attached hydrogens (tertiary/aromatic N) is 1. The van der Waals surface area contributed by atoms with Crippen LogP contribution in [0, 0.1) is 0 Å². The van der Waals surface area contributed by atoms with E-state index in [9.17, 15) is 0 Å². The summed E-state index contributed by atoms with van der Waals surface area (Å²) in [4.78, 5) is 4.26. The molecule has 0 amide bonds. The Balaban J connectivity index is 2.60. The third-order valence-corrected chi connectivity index (χ3v) is 2.16. The first-order valence-electron chi connectivity index (χ1n) is 5.66. The van der Waals surface area contributed by atoms with Crippen LogP contribution in [0.5, 0.6) is 0 Å². The molecule has 0 aliphatic heterocycles. The average Bonchev–Trinajstić information content (AvgIpc) is 2.37. The van der Waals surface area contributed by atoms with Crippen LogP contribution < -0.4 is 16.6 Å². The third kappa shape index (κ3) is 4.84. The molecule has 0 spiro atoms. The van der Waals surface area contributed by atoms with Gasteiger partial charge in [0.15, 0.2) is 0 Å². The van der Waals surface area contributed by atoms with Gasteiger partial charge in [-0.3, -0.25) is 10.4 Å². The summed E-state index contributed by atoms with van der Waals surface area (Å²) in [6.07, 6.45) is 0.986. The van der Waals surface area contributed by atoms with Gasteiger partial charge >= 0.3 is 0 Å². The Hall–Kier alpha value is -1.59. The Morgan fingerprint density at radius 1 is 1.35 bits per heavy atom. The second-order valence-corrected chi connectivity index (χ2v) is 3.63. The normalized spacial score (nSPS) is 11.4. The number of ether oxygens (including phenoxy) is 1. The zero-order chi connectivity index (χ0) is 12.5. The molecule has 0 heterocycles. The van der Waals surface area contributed by atoms with Crippen molar-refractivity contribution >= 4 is 11.6 Å². The van der Waals surface area contributed by atoms with Crippen LogP contribution in [0.25, 0.3) is 0 Å². The van der Waals surface area contributed by atoms with Gasteiger partial charge in [-0.25, -0.2) is 5.84 Å².